The average Bonchev–Trinajstić information content (AvgIpc) is 2.38. The number of anilines is 1. The van der Waals surface area contributed by atoms with Gasteiger partial charge in [0.2, 0.25) is 0 Å². The lowest BCUT2D eigenvalue weighted by molar-refractivity contribution is -0.137. The van der Waals surface area contributed by atoms with Crippen molar-refractivity contribution in [2.75, 3.05) is 25.0 Å². The van der Waals surface area contributed by atoms with Crippen LogP contribution < -0.4 is 10.2 Å². The molecule has 1 fully saturated rings. The van der Waals surface area contributed by atoms with E-state index in [9.17, 15) is 13.2 Å². The molecule has 2 nitrogen and oxygen atoms in total. The fourth-order valence-corrected chi connectivity index (χ4v) is 2.75. The Kier molecular flexibility index (Phi) is 4.51. The number of alkyl halides is 3. The molecular weight excluding hydrogens is 277 g/mol. The van der Waals surface area contributed by atoms with Gasteiger partial charge in [-0.1, -0.05) is 19.9 Å². The first kappa shape index (κ1) is 16.1. The number of piperidine rings is 1. The highest BCUT2D eigenvalue weighted by atomic mass is 19.4. The first-order valence-electron chi connectivity index (χ1n) is 7.33. The van der Waals surface area contributed by atoms with E-state index >= 15 is 0 Å². The van der Waals surface area contributed by atoms with Gasteiger partial charge in [-0.05, 0) is 43.0 Å². The summed E-state index contributed by atoms with van der Waals surface area (Å²) < 4.78 is 40.0. The maximum atomic E-state index is 13.3. The highest BCUT2D eigenvalue weighted by Crippen LogP contribution is 2.40. The maximum absolute atomic E-state index is 13.3. The number of nitrogens with one attached hydrogen (secondary N) is 1. The van der Waals surface area contributed by atoms with Crippen LogP contribution in [0, 0.1) is 5.41 Å². The highest BCUT2D eigenvalue weighted by Gasteiger charge is 2.36. The Morgan fingerprint density at radius 1 is 1.19 bits per heavy atom. The van der Waals surface area contributed by atoms with E-state index < -0.39 is 11.7 Å². The van der Waals surface area contributed by atoms with E-state index in [0.29, 0.717) is 30.9 Å². The molecule has 0 spiro atoms. The second-order valence-corrected chi connectivity index (χ2v) is 6.53. The summed E-state index contributed by atoms with van der Waals surface area (Å²) in [4.78, 5) is 1.87. The third kappa shape index (κ3) is 3.90. The molecule has 0 aliphatic carbocycles. The normalized spacial score (nSPS) is 18.9. The Labute approximate surface area is 124 Å². The van der Waals surface area contributed by atoms with Gasteiger partial charge in [0.25, 0.3) is 0 Å². The molecule has 1 aromatic carbocycles. The summed E-state index contributed by atoms with van der Waals surface area (Å²) in [5, 5.41) is 2.89. The van der Waals surface area contributed by atoms with Crippen LogP contribution in [0.5, 0.6) is 0 Å². The van der Waals surface area contributed by atoms with Crippen molar-refractivity contribution in [3.05, 3.63) is 29.3 Å². The molecule has 118 valence electrons. The molecule has 1 heterocycles. The number of benzene rings is 1. The molecular formula is C16H23F3N2. The molecule has 0 unspecified atom stereocenters. The van der Waals surface area contributed by atoms with Gasteiger partial charge in [-0.3, -0.25) is 0 Å². The van der Waals surface area contributed by atoms with Crippen LogP contribution >= 0.6 is 0 Å². The van der Waals surface area contributed by atoms with Crippen molar-refractivity contribution in [2.45, 2.75) is 39.4 Å². The topological polar surface area (TPSA) is 15.3 Å². The van der Waals surface area contributed by atoms with Crippen LogP contribution in [0.1, 0.15) is 37.8 Å². The van der Waals surface area contributed by atoms with Gasteiger partial charge in [0.15, 0.2) is 0 Å². The van der Waals surface area contributed by atoms with Crippen LogP contribution in [-0.2, 0) is 12.7 Å². The first-order valence-corrected chi connectivity index (χ1v) is 7.33. The van der Waals surface area contributed by atoms with E-state index in [1.54, 1.807) is 19.2 Å². The Morgan fingerprint density at radius 2 is 1.81 bits per heavy atom. The lowest BCUT2D eigenvalue weighted by atomic mass is 9.82. The van der Waals surface area contributed by atoms with E-state index in [1.165, 1.54) is 6.07 Å². The minimum Gasteiger partial charge on any atom is -0.371 e. The van der Waals surface area contributed by atoms with Crippen LogP contribution in [0.25, 0.3) is 0 Å². The Bertz CT molecular complexity index is 485. The summed E-state index contributed by atoms with van der Waals surface area (Å²) in [5.74, 6) is 0. The summed E-state index contributed by atoms with van der Waals surface area (Å²) in [6.45, 7) is 6.15. The number of hydrogen-bond donors (Lipinski definition) is 1. The van der Waals surface area contributed by atoms with Crippen molar-refractivity contribution >= 4 is 5.69 Å². The summed E-state index contributed by atoms with van der Waals surface area (Å²) in [5.41, 5.74) is 0.680. The SMILES string of the molecule is CNCc1ccc(N2CCC(C)(C)CC2)c(C(F)(F)F)c1. The Balaban J connectivity index is 2.30. The molecule has 1 aromatic rings. The molecule has 1 saturated heterocycles. The fraction of sp³-hybridized carbons (Fsp3) is 0.625. The first-order chi connectivity index (χ1) is 9.73. The standard InChI is InChI=1S/C16H23F3N2/c1-15(2)6-8-21(9-7-15)14-5-4-12(11-20-3)10-13(14)16(17,18)19/h4-5,10,20H,6-9,11H2,1-3H3. The minimum atomic E-state index is -4.31. The van der Waals surface area contributed by atoms with Crippen LogP contribution in [0.15, 0.2) is 18.2 Å². The van der Waals surface area contributed by atoms with Crippen molar-refractivity contribution in [3.63, 3.8) is 0 Å². The molecule has 1 N–H and O–H groups in total. The second kappa shape index (κ2) is 5.87. The zero-order chi connectivity index (χ0) is 15.7. The summed E-state index contributed by atoms with van der Waals surface area (Å²) >= 11 is 0. The molecule has 0 atom stereocenters. The smallest absolute Gasteiger partial charge is 0.371 e. The van der Waals surface area contributed by atoms with Gasteiger partial charge in [-0.2, -0.15) is 13.2 Å². The lowest BCUT2D eigenvalue weighted by Crippen LogP contribution is -2.38. The highest BCUT2D eigenvalue weighted by molar-refractivity contribution is 5.56. The molecule has 21 heavy (non-hydrogen) atoms. The predicted octanol–water partition coefficient (Wildman–Crippen LogP) is 4.05. The van der Waals surface area contributed by atoms with Crippen molar-refractivity contribution in [1.29, 1.82) is 0 Å². The van der Waals surface area contributed by atoms with E-state index in [1.807, 2.05) is 4.90 Å². The summed E-state index contributed by atoms with van der Waals surface area (Å²) in [6, 6.07) is 4.67. The van der Waals surface area contributed by atoms with Gasteiger partial charge < -0.3 is 10.2 Å². The number of nitrogens with zero attached hydrogens (tertiary/aromatic N) is 1. The zero-order valence-electron chi connectivity index (χ0n) is 12.8. The van der Waals surface area contributed by atoms with Crippen molar-refractivity contribution in [1.82, 2.24) is 5.32 Å². The molecule has 1 aliphatic rings. The van der Waals surface area contributed by atoms with E-state index in [2.05, 4.69) is 19.2 Å². The van der Waals surface area contributed by atoms with Crippen LogP contribution in [0.3, 0.4) is 0 Å². The molecule has 5 heteroatoms. The molecule has 1 aliphatic heterocycles. The maximum Gasteiger partial charge on any atom is 0.418 e. The van der Waals surface area contributed by atoms with Crippen molar-refractivity contribution < 1.29 is 13.2 Å². The Morgan fingerprint density at radius 3 is 2.33 bits per heavy atom. The quantitative estimate of drug-likeness (QED) is 0.906. The third-order valence-electron chi connectivity index (χ3n) is 4.20. The van der Waals surface area contributed by atoms with Crippen LogP contribution in [0.2, 0.25) is 0 Å². The molecule has 0 saturated carbocycles. The van der Waals surface area contributed by atoms with Gasteiger partial charge in [-0.25, -0.2) is 0 Å². The minimum absolute atomic E-state index is 0.223. The van der Waals surface area contributed by atoms with Crippen molar-refractivity contribution in [3.8, 4) is 0 Å². The summed E-state index contributed by atoms with van der Waals surface area (Å²) in [6.07, 6.45) is -2.48. The van der Waals surface area contributed by atoms with E-state index in [-0.39, 0.29) is 5.41 Å². The zero-order valence-corrected chi connectivity index (χ0v) is 12.8. The molecule has 0 radical (unpaired) electrons. The summed E-state index contributed by atoms with van der Waals surface area (Å²) in [7, 11) is 1.73. The van der Waals surface area contributed by atoms with Gasteiger partial charge in [-0.15, -0.1) is 0 Å². The molecule has 2 rings (SSSR count). The van der Waals surface area contributed by atoms with E-state index in [4.69, 9.17) is 0 Å². The van der Waals surface area contributed by atoms with E-state index in [0.717, 1.165) is 12.8 Å². The van der Waals surface area contributed by atoms with Gasteiger partial charge in [0, 0.05) is 25.3 Å². The van der Waals surface area contributed by atoms with Gasteiger partial charge in [0.05, 0.1) is 5.56 Å². The second-order valence-electron chi connectivity index (χ2n) is 6.53. The van der Waals surface area contributed by atoms with Crippen molar-refractivity contribution in [2.24, 2.45) is 5.41 Å². The average molecular weight is 300 g/mol. The number of halogens is 3. The molecule has 0 bridgehead atoms. The van der Waals surface area contributed by atoms with Crippen LogP contribution in [-0.4, -0.2) is 20.1 Å². The van der Waals surface area contributed by atoms with Gasteiger partial charge in [0.1, 0.15) is 0 Å². The molecule has 0 aromatic heterocycles. The fourth-order valence-electron chi connectivity index (χ4n) is 2.75. The Hall–Kier alpha value is -1.23. The number of rotatable bonds is 3. The largest absolute Gasteiger partial charge is 0.418 e. The monoisotopic (exact) mass is 300 g/mol. The number of hydrogen-bond acceptors (Lipinski definition) is 2. The third-order valence-corrected chi connectivity index (χ3v) is 4.20. The predicted molar refractivity (Wildman–Crippen MR) is 79.4 cm³/mol. The van der Waals surface area contributed by atoms with Gasteiger partial charge >= 0.3 is 6.18 Å². The molecule has 0 amide bonds. The van der Waals surface area contributed by atoms with Crippen LogP contribution in [0.4, 0.5) is 18.9 Å². The lowest BCUT2D eigenvalue weighted by Gasteiger charge is -2.39.